The number of halogens is 3. The number of ether oxygens (including phenoxy) is 1. The highest BCUT2D eigenvalue weighted by molar-refractivity contribution is 5.74. The lowest BCUT2D eigenvalue weighted by molar-refractivity contribution is 0.187. The van der Waals surface area contributed by atoms with Gasteiger partial charge in [-0.1, -0.05) is 101 Å². The molecule has 1 saturated carbocycles. The first kappa shape index (κ1) is 31.4. The van der Waals surface area contributed by atoms with Gasteiger partial charge in [-0.25, -0.2) is 8.78 Å². The van der Waals surface area contributed by atoms with E-state index in [1.54, 1.807) is 25.1 Å². The molecule has 3 aromatic carbocycles. The van der Waals surface area contributed by atoms with Gasteiger partial charge in [-0.2, -0.15) is 4.39 Å². The second-order valence-corrected chi connectivity index (χ2v) is 12.7. The van der Waals surface area contributed by atoms with Crippen molar-refractivity contribution >= 4 is 5.57 Å². The molecule has 43 heavy (non-hydrogen) atoms. The van der Waals surface area contributed by atoms with Crippen molar-refractivity contribution in [1.29, 1.82) is 0 Å². The first-order valence-corrected chi connectivity index (χ1v) is 16.7. The number of hydrogen-bond donors (Lipinski definition) is 0. The van der Waals surface area contributed by atoms with E-state index in [1.165, 1.54) is 76.3 Å². The average Bonchev–Trinajstić information content (AvgIpc) is 3.04. The highest BCUT2D eigenvalue weighted by Crippen LogP contribution is 2.43. The van der Waals surface area contributed by atoms with Crippen LogP contribution >= 0.6 is 0 Å². The Morgan fingerprint density at radius 3 is 2.05 bits per heavy atom. The molecule has 1 nitrogen and oxygen atoms in total. The van der Waals surface area contributed by atoms with Gasteiger partial charge in [-0.3, -0.25) is 0 Å². The van der Waals surface area contributed by atoms with Gasteiger partial charge in [0.2, 0.25) is 5.82 Å². The van der Waals surface area contributed by atoms with Gasteiger partial charge in [-0.05, 0) is 97.2 Å². The molecule has 0 amide bonds. The number of rotatable bonds is 12. The van der Waals surface area contributed by atoms with E-state index in [1.807, 2.05) is 24.3 Å². The number of benzene rings is 3. The van der Waals surface area contributed by atoms with Gasteiger partial charge < -0.3 is 4.74 Å². The molecule has 0 spiro atoms. The molecule has 4 heteroatoms. The summed E-state index contributed by atoms with van der Waals surface area (Å²) in [6.07, 6.45) is 19.3. The van der Waals surface area contributed by atoms with Crippen LogP contribution in [0.25, 0.3) is 27.8 Å². The van der Waals surface area contributed by atoms with Crippen molar-refractivity contribution in [2.45, 2.75) is 97.3 Å². The van der Waals surface area contributed by atoms with Crippen LogP contribution < -0.4 is 4.74 Å². The molecule has 1 fully saturated rings. The van der Waals surface area contributed by atoms with E-state index in [9.17, 15) is 8.78 Å². The summed E-state index contributed by atoms with van der Waals surface area (Å²) in [7, 11) is 0. The average molecular weight is 589 g/mol. The van der Waals surface area contributed by atoms with E-state index in [-0.39, 0.29) is 23.7 Å². The molecule has 0 saturated heterocycles. The highest BCUT2D eigenvalue weighted by Gasteiger charge is 2.29. The zero-order valence-corrected chi connectivity index (χ0v) is 25.9. The fourth-order valence-electron chi connectivity index (χ4n) is 7.33. The molecule has 0 heterocycles. The van der Waals surface area contributed by atoms with Gasteiger partial charge in [0.15, 0.2) is 11.6 Å². The second kappa shape index (κ2) is 15.1. The molecule has 0 aliphatic heterocycles. The van der Waals surface area contributed by atoms with Crippen molar-refractivity contribution in [2.24, 2.45) is 17.8 Å². The van der Waals surface area contributed by atoms with E-state index >= 15 is 4.39 Å². The Morgan fingerprint density at radius 2 is 1.37 bits per heavy atom. The molecule has 0 N–H and O–H groups in total. The highest BCUT2D eigenvalue weighted by atomic mass is 19.2. The van der Waals surface area contributed by atoms with Gasteiger partial charge in [-0.15, -0.1) is 0 Å². The van der Waals surface area contributed by atoms with Crippen molar-refractivity contribution in [3.63, 3.8) is 0 Å². The standard InChI is InChI=1S/C39H47F3O/c1-3-5-6-7-8-9-27-10-12-28(13-11-27)29-14-18-31(19-15-29)34-23-22-33(26-36(34)40)30-16-20-32(21-17-30)35-24-25-37(43-4-2)39(42)38(35)41/h16-18,20-29H,3-15,19H2,1-2H3. The van der Waals surface area contributed by atoms with E-state index in [0.29, 0.717) is 11.1 Å². The summed E-state index contributed by atoms with van der Waals surface area (Å²) < 4.78 is 49.6. The predicted octanol–water partition coefficient (Wildman–Crippen LogP) is 12.2. The summed E-state index contributed by atoms with van der Waals surface area (Å²) in [5.41, 5.74) is 4.15. The van der Waals surface area contributed by atoms with Gasteiger partial charge in [0.25, 0.3) is 0 Å². The Morgan fingerprint density at radius 1 is 0.674 bits per heavy atom. The SMILES string of the molecule is CCCCCCCC1CCC(C2CC=C(c3ccc(-c4ccc(-c5ccc(OCC)c(F)c5F)cc4)cc3F)CC2)CC1. The summed E-state index contributed by atoms with van der Waals surface area (Å²) in [6, 6.07) is 15.6. The summed E-state index contributed by atoms with van der Waals surface area (Å²) in [5.74, 6) is 0.294. The number of unbranched alkanes of at least 4 members (excludes halogenated alkanes) is 4. The van der Waals surface area contributed by atoms with Crippen LogP contribution in [0.5, 0.6) is 5.75 Å². The van der Waals surface area contributed by atoms with Crippen LogP contribution in [0.2, 0.25) is 0 Å². The fourth-order valence-corrected chi connectivity index (χ4v) is 7.33. The first-order valence-electron chi connectivity index (χ1n) is 16.7. The zero-order chi connectivity index (χ0) is 30.2. The normalized spacial score (nSPS) is 20.6. The van der Waals surface area contributed by atoms with Crippen LogP contribution in [-0.4, -0.2) is 6.61 Å². The van der Waals surface area contributed by atoms with E-state index in [4.69, 9.17) is 4.74 Å². The van der Waals surface area contributed by atoms with Crippen molar-refractivity contribution in [3.05, 3.63) is 83.7 Å². The first-order chi connectivity index (χ1) is 21.0. The van der Waals surface area contributed by atoms with Crippen LogP contribution in [0.15, 0.2) is 60.7 Å². The smallest absolute Gasteiger partial charge is 0.201 e. The third-order valence-electron chi connectivity index (χ3n) is 9.92. The Hall–Kier alpha value is -3.01. The van der Waals surface area contributed by atoms with Crippen LogP contribution in [-0.2, 0) is 0 Å². The van der Waals surface area contributed by atoms with Crippen LogP contribution in [0, 0.1) is 35.2 Å². The van der Waals surface area contributed by atoms with E-state index in [0.717, 1.165) is 53.7 Å². The maximum atomic E-state index is 15.4. The van der Waals surface area contributed by atoms with Gasteiger partial charge >= 0.3 is 0 Å². The number of hydrogen-bond acceptors (Lipinski definition) is 1. The molecule has 2 aliphatic rings. The lowest BCUT2D eigenvalue weighted by atomic mass is 9.70. The second-order valence-electron chi connectivity index (χ2n) is 12.7. The minimum Gasteiger partial charge on any atom is -0.491 e. The molecule has 0 aromatic heterocycles. The lowest BCUT2D eigenvalue weighted by Gasteiger charge is -2.35. The Balaban J connectivity index is 1.16. The van der Waals surface area contributed by atoms with Crippen molar-refractivity contribution in [3.8, 4) is 28.0 Å². The van der Waals surface area contributed by atoms with Gasteiger partial charge in [0, 0.05) is 11.1 Å². The molecule has 5 rings (SSSR count). The molecule has 2 aliphatic carbocycles. The summed E-state index contributed by atoms with van der Waals surface area (Å²) in [5, 5.41) is 0. The van der Waals surface area contributed by atoms with Crippen LogP contribution in [0.4, 0.5) is 13.2 Å². The summed E-state index contributed by atoms with van der Waals surface area (Å²) in [6.45, 7) is 4.27. The van der Waals surface area contributed by atoms with Crippen molar-refractivity contribution in [2.75, 3.05) is 6.61 Å². The number of allylic oxidation sites excluding steroid dienone is 2. The van der Waals surface area contributed by atoms with Crippen molar-refractivity contribution < 1.29 is 17.9 Å². The minimum absolute atomic E-state index is 0.0922. The quantitative estimate of drug-likeness (QED) is 0.191. The molecule has 0 bridgehead atoms. The summed E-state index contributed by atoms with van der Waals surface area (Å²) in [4.78, 5) is 0. The topological polar surface area (TPSA) is 9.23 Å². The Kier molecular flexibility index (Phi) is 11.1. The Bertz CT molecular complexity index is 1370. The molecule has 230 valence electrons. The third kappa shape index (κ3) is 7.75. The predicted molar refractivity (Wildman–Crippen MR) is 172 cm³/mol. The van der Waals surface area contributed by atoms with Crippen LogP contribution in [0.3, 0.4) is 0 Å². The fraction of sp³-hybridized carbons (Fsp3) is 0.487. The third-order valence-corrected chi connectivity index (χ3v) is 9.92. The molecule has 3 aromatic rings. The minimum atomic E-state index is -0.986. The van der Waals surface area contributed by atoms with Gasteiger partial charge in [0.1, 0.15) is 5.82 Å². The molecular formula is C39H47F3O. The van der Waals surface area contributed by atoms with Crippen LogP contribution in [0.1, 0.15) is 103 Å². The van der Waals surface area contributed by atoms with E-state index in [2.05, 4.69) is 13.0 Å². The zero-order valence-electron chi connectivity index (χ0n) is 25.9. The van der Waals surface area contributed by atoms with Gasteiger partial charge in [0.05, 0.1) is 6.61 Å². The summed E-state index contributed by atoms with van der Waals surface area (Å²) >= 11 is 0. The van der Waals surface area contributed by atoms with E-state index < -0.39 is 11.6 Å². The molecule has 0 radical (unpaired) electrons. The molecular weight excluding hydrogens is 541 g/mol. The molecule has 1 atom stereocenters. The molecule has 1 unspecified atom stereocenters. The van der Waals surface area contributed by atoms with Crippen molar-refractivity contribution in [1.82, 2.24) is 0 Å². The maximum absolute atomic E-state index is 15.4. The monoisotopic (exact) mass is 588 g/mol. The maximum Gasteiger partial charge on any atom is 0.201 e. The largest absolute Gasteiger partial charge is 0.491 e. The Labute approximate surface area is 256 Å². The lowest BCUT2D eigenvalue weighted by Crippen LogP contribution is -2.23.